The van der Waals surface area contributed by atoms with Gasteiger partial charge in [-0.15, -0.1) is 0 Å². The third-order valence-electron chi connectivity index (χ3n) is 3.36. The van der Waals surface area contributed by atoms with Crippen LogP contribution in [0.15, 0.2) is 18.2 Å². The van der Waals surface area contributed by atoms with E-state index in [0.29, 0.717) is 26.4 Å². The van der Waals surface area contributed by atoms with E-state index in [4.69, 9.17) is 18.9 Å². The highest BCUT2D eigenvalue weighted by Crippen LogP contribution is 2.33. The van der Waals surface area contributed by atoms with Gasteiger partial charge in [0.15, 0.2) is 0 Å². The van der Waals surface area contributed by atoms with E-state index in [-0.39, 0.29) is 0 Å². The summed E-state index contributed by atoms with van der Waals surface area (Å²) in [5, 5.41) is 0. The number of pyridine rings is 1. The van der Waals surface area contributed by atoms with Crippen molar-refractivity contribution in [3.63, 3.8) is 0 Å². The molecule has 2 aliphatic heterocycles. The number of hydrogen-bond donors (Lipinski definition) is 0. The van der Waals surface area contributed by atoms with Gasteiger partial charge < -0.3 is 18.9 Å². The third-order valence-corrected chi connectivity index (χ3v) is 3.36. The van der Waals surface area contributed by atoms with Crippen LogP contribution in [0.3, 0.4) is 0 Å². The molecule has 5 nitrogen and oxygen atoms in total. The van der Waals surface area contributed by atoms with Gasteiger partial charge in [-0.3, -0.25) is 0 Å². The Labute approximate surface area is 106 Å². The lowest BCUT2D eigenvalue weighted by Gasteiger charge is -2.25. The van der Waals surface area contributed by atoms with Crippen molar-refractivity contribution in [3.05, 3.63) is 29.6 Å². The average Bonchev–Trinajstić information content (AvgIpc) is 3.01. The zero-order chi connectivity index (χ0) is 12.6. The van der Waals surface area contributed by atoms with E-state index in [1.807, 2.05) is 32.0 Å². The first kappa shape index (κ1) is 12.0. The van der Waals surface area contributed by atoms with Crippen molar-refractivity contribution in [1.29, 1.82) is 0 Å². The molecule has 0 aliphatic carbocycles. The van der Waals surface area contributed by atoms with E-state index >= 15 is 0 Å². The fraction of sp³-hybridized carbons (Fsp3) is 0.615. The molecule has 0 radical (unpaired) electrons. The van der Waals surface area contributed by atoms with Gasteiger partial charge in [-0.2, -0.15) is 0 Å². The van der Waals surface area contributed by atoms with Crippen molar-refractivity contribution in [2.24, 2.45) is 0 Å². The molecule has 2 saturated heterocycles. The van der Waals surface area contributed by atoms with Crippen molar-refractivity contribution < 1.29 is 18.9 Å². The molecule has 0 atom stereocenters. The Balaban J connectivity index is 1.94. The fourth-order valence-corrected chi connectivity index (χ4v) is 2.27. The van der Waals surface area contributed by atoms with Gasteiger partial charge in [0, 0.05) is 0 Å². The largest absolute Gasteiger partial charge is 0.342 e. The van der Waals surface area contributed by atoms with Gasteiger partial charge in [-0.25, -0.2) is 4.98 Å². The lowest BCUT2D eigenvalue weighted by molar-refractivity contribution is -0.160. The van der Waals surface area contributed by atoms with Crippen LogP contribution in [0.5, 0.6) is 0 Å². The number of aromatic nitrogens is 1. The van der Waals surface area contributed by atoms with Crippen LogP contribution in [-0.2, 0) is 30.5 Å². The van der Waals surface area contributed by atoms with Crippen LogP contribution in [0, 0.1) is 0 Å². The molecule has 18 heavy (non-hydrogen) atoms. The maximum Gasteiger partial charge on any atom is 0.209 e. The lowest BCUT2D eigenvalue weighted by atomic mass is 10.1. The number of hydrogen-bond acceptors (Lipinski definition) is 5. The summed E-state index contributed by atoms with van der Waals surface area (Å²) < 4.78 is 22.4. The van der Waals surface area contributed by atoms with Gasteiger partial charge in [0.05, 0.1) is 37.8 Å². The Kier molecular flexibility index (Phi) is 2.86. The molecule has 2 aliphatic rings. The molecule has 0 bridgehead atoms. The molecule has 0 spiro atoms. The molecule has 98 valence electrons. The molecule has 0 N–H and O–H groups in total. The molecule has 1 aromatic heterocycles. The lowest BCUT2D eigenvalue weighted by Crippen LogP contribution is -2.28. The second kappa shape index (κ2) is 4.28. The van der Waals surface area contributed by atoms with Gasteiger partial charge in [-0.05, 0) is 26.0 Å². The standard InChI is InChI=1S/C13H17NO4/c1-12(15-6-7-16-12)10-4-3-5-11(14-10)13(2)17-8-9-18-13/h3-5H,6-9H2,1-2H3. The minimum absolute atomic E-state index is 0.590. The van der Waals surface area contributed by atoms with Crippen LogP contribution in [0.4, 0.5) is 0 Å². The summed E-state index contributed by atoms with van der Waals surface area (Å²) in [6, 6.07) is 5.71. The fourth-order valence-electron chi connectivity index (χ4n) is 2.27. The van der Waals surface area contributed by atoms with E-state index < -0.39 is 11.6 Å². The molecule has 0 saturated carbocycles. The van der Waals surface area contributed by atoms with Crippen molar-refractivity contribution in [1.82, 2.24) is 4.98 Å². The number of nitrogens with zero attached hydrogens (tertiary/aromatic N) is 1. The molecular weight excluding hydrogens is 234 g/mol. The molecule has 0 unspecified atom stereocenters. The summed E-state index contributed by atoms with van der Waals surface area (Å²) in [4.78, 5) is 4.58. The van der Waals surface area contributed by atoms with E-state index in [1.165, 1.54) is 0 Å². The first-order valence-electron chi connectivity index (χ1n) is 6.16. The second-order valence-electron chi connectivity index (χ2n) is 4.69. The van der Waals surface area contributed by atoms with Crippen LogP contribution >= 0.6 is 0 Å². The summed E-state index contributed by atoms with van der Waals surface area (Å²) in [6.45, 7) is 6.12. The van der Waals surface area contributed by atoms with Gasteiger partial charge in [-0.1, -0.05) is 6.07 Å². The topological polar surface area (TPSA) is 49.8 Å². The van der Waals surface area contributed by atoms with Crippen molar-refractivity contribution in [3.8, 4) is 0 Å². The Morgan fingerprint density at radius 1 is 0.833 bits per heavy atom. The summed E-state index contributed by atoms with van der Waals surface area (Å²) in [6.07, 6.45) is 0. The van der Waals surface area contributed by atoms with Gasteiger partial charge in [0.2, 0.25) is 11.6 Å². The molecule has 5 heteroatoms. The maximum atomic E-state index is 5.61. The quantitative estimate of drug-likeness (QED) is 0.797. The summed E-state index contributed by atoms with van der Waals surface area (Å²) in [5.41, 5.74) is 1.50. The first-order valence-corrected chi connectivity index (χ1v) is 6.16. The van der Waals surface area contributed by atoms with Crippen molar-refractivity contribution in [2.75, 3.05) is 26.4 Å². The van der Waals surface area contributed by atoms with E-state index in [1.54, 1.807) is 0 Å². The van der Waals surface area contributed by atoms with E-state index in [9.17, 15) is 0 Å². The van der Waals surface area contributed by atoms with Crippen molar-refractivity contribution in [2.45, 2.75) is 25.4 Å². The molecule has 0 aromatic carbocycles. The zero-order valence-electron chi connectivity index (χ0n) is 10.6. The summed E-state index contributed by atoms with van der Waals surface area (Å²) in [7, 11) is 0. The highest BCUT2D eigenvalue weighted by molar-refractivity contribution is 5.19. The minimum Gasteiger partial charge on any atom is -0.342 e. The van der Waals surface area contributed by atoms with Gasteiger partial charge in [0.1, 0.15) is 0 Å². The van der Waals surface area contributed by atoms with Gasteiger partial charge >= 0.3 is 0 Å². The Morgan fingerprint density at radius 2 is 1.22 bits per heavy atom. The number of rotatable bonds is 2. The highest BCUT2D eigenvalue weighted by Gasteiger charge is 2.38. The zero-order valence-corrected chi connectivity index (χ0v) is 10.6. The van der Waals surface area contributed by atoms with Crippen LogP contribution in [-0.4, -0.2) is 31.4 Å². The predicted molar refractivity (Wildman–Crippen MR) is 62.7 cm³/mol. The molecule has 3 heterocycles. The van der Waals surface area contributed by atoms with Crippen molar-refractivity contribution >= 4 is 0 Å². The SMILES string of the molecule is CC1(c2cccc(C3(C)OCCO3)n2)OCCO1. The average molecular weight is 251 g/mol. The third kappa shape index (κ3) is 1.93. The second-order valence-corrected chi connectivity index (χ2v) is 4.69. The summed E-state index contributed by atoms with van der Waals surface area (Å²) >= 11 is 0. The molecule has 3 rings (SSSR count). The Bertz CT molecular complexity index is 399. The molecular formula is C13H17NO4. The first-order chi connectivity index (χ1) is 8.62. The maximum absolute atomic E-state index is 5.61. The van der Waals surface area contributed by atoms with E-state index in [2.05, 4.69) is 4.98 Å². The van der Waals surface area contributed by atoms with Gasteiger partial charge in [0.25, 0.3) is 0 Å². The Morgan fingerprint density at radius 3 is 1.61 bits per heavy atom. The van der Waals surface area contributed by atoms with E-state index in [0.717, 1.165) is 11.4 Å². The number of ether oxygens (including phenoxy) is 4. The van der Waals surface area contributed by atoms with Crippen LogP contribution < -0.4 is 0 Å². The normalized spacial score (nSPS) is 25.4. The molecule has 0 amide bonds. The van der Waals surface area contributed by atoms with Crippen LogP contribution in [0.25, 0.3) is 0 Å². The molecule has 1 aromatic rings. The summed E-state index contributed by atoms with van der Waals surface area (Å²) in [5.74, 6) is -1.52. The van der Waals surface area contributed by atoms with Crippen LogP contribution in [0.2, 0.25) is 0 Å². The van der Waals surface area contributed by atoms with Crippen LogP contribution in [0.1, 0.15) is 25.2 Å². The molecule has 2 fully saturated rings. The predicted octanol–water partition coefficient (Wildman–Crippen LogP) is 1.52. The monoisotopic (exact) mass is 251 g/mol. The highest BCUT2D eigenvalue weighted by atomic mass is 16.7. The minimum atomic E-state index is -0.759. The smallest absolute Gasteiger partial charge is 0.209 e. The Hall–Kier alpha value is -1.01.